The van der Waals surface area contributed by atoms with E-state index in [4.69, 9.17) is 9.47 Å². The van der Waals surface area contributed by atoms with Crippen LogP contribution in [0.5, 0.6) is 11.5 Å². The number of rotatable bonds is 7. The third-order valence-electron chi connectivity index (χ3n) is 4.32. The van der Waals surface area contributed by atoms with E-state index in [2.05, 4.69) is 47.7 Å². The van der Waals surface area contributed by atoms with Crippen LogP contribution >= 0.6 is 0 Å². The van der Waals surface area contributed by atoms with Crippen molar-refractivity contribution in [1.29, 1.82) is 0 Å². The van der Waals surface area contributed by atoms with Crippen LogP contribution in [0.3, 0.4) is 0 Å². The predicted molar refractivity (Wildman–Crippen MR) is 107 cm³/mol. The SMILES string of the molecule is CN=C(NCCc1ccc(C)cc1C)NCc1ccc(OC)c(OC)c1. The highest BCUT2D eigenvalue weighted by atomic mass is 16.5. The topological polar surface area (TPSA) is 54.9 Å². The summed E-state index contributed by atoms with van der Waals surface area (Å²) in [5.74, 6) is 2.24. The molecule has 140 valence electrons. The molecule has 0 aliphatic rings. The van der Waals surface area contributed by atoms with Crippen molar-refractivity contribution in [3.63, 3.8) is 0 Å². The van der Waals surface area contributed by atoms with Crippen LogP contribution in [0.15, 0.2) is 41.4 Å². The number of guanidine groups is 1. The van der Waals surface area contributed by atoms with E-state index < -0.39 is 0 Å². The lowest BCUT2D eigenvalue weighted by Gasteiger charge is -2.14. The first-order valence-corrected chi connectivity index (χ1v) is 8.79. The second-order valence-electron chi connectivity index (χ2n) is 6.22. The Morgan fingerprint density at radius 3 is 2.38 bits per heavy atom. The maximum absolute atomic E-state index is 5.34. The number of ether oxygens (including phenoxy) is 2. The lowest BCUT2D eigenvalue weighted by molar-refractivity contribution is 0.354. The molecule has 0 aliphatic heterocycles. The van der Waals surface area contributed by atoms with E-state index in [-0.39, 0.29) is 0 Å². The fraction of sp³-hybridized carbons (Fsp3) is 0.381. The standard InChI is InChI=1S/C21H29N3O2/c1-15-6-8-18(16(2)12-15)10-11-23-21(22-3)24-14-17-7-9-19(25-4)20(13-17)26-5/h6-9,12-13H,10-11,14H2,1-5H3,(H2,22,23,24). The fourth-order valence-electron chi connectivity index (χ4n) is 2.84. The molecule has 26 heavy (non-hydrogen) atoms. The molecule has 0 atom stereocenters. The van der Waals surface area contributed by atoms with E-state index in [1.807, 2.05) is 18.2 Å². The van der Waals surface area contributed by atoms with Gasteiger partial charge >= 0.3 is 0 Å². The van der Waals surface area contributed by atoms with Crippen molar-refractivity contribution in [3.05, 3.63) is 58.7 Å². The van der Waals surface area contributed by atoms with Crippen LogP contribution in [0.4, 0.5) is 0 Å². The van der Waals surface area contributed by atoms with Gasteiger partial charge in [0.05, 0.1) is 14.2 Å². The number of nitrogens with zero attached hydrogens (tertiary/aromatic N) is 1. The van der Waals surface area contributed by atoms with Crippen LogP contribution in [0.25, 0.3) is 0 Å². The first kappa shape index (κ1) is 19.6. The summed E-state index contributed by atoms with van der Waals surface area (Å²) in [4.78, 5) is 4.29. The molecule has 0 unspecified atom stereocenters. The van der Waals surface area contributed by atoms with E-state index in [9.17, 15) is 0 Å². The summed E-state index contributed by atoms with van der Waals surface area (Å²) in [7, 11) is 5.06. The van der Waals surface area contributed by atoms with Gasteiger partial charge in [-0.2, -0.15) is 0 Å². The molecule has 5 nitrogen and oxygen atoms in total. The van der Waals surface area contributed by atoms with E-state index in [1.54, 1.807) is 21.3 Å². The van der Waals surface area contributed by atoms with Crippen LogP contribution in [0.1, 0.15) is 22.3 Å². The summed E-state index contributed by atoms with van der Waals surface area (Å²) in [6, 6.07) is 12.5. The van der Waals surface area contributed by atoms with Crippen LogP contribution in [-0.2, 0) is 13.0 Å². The van der Waals surface area contributed by atoms with Crippen molar-refractivity contribution in [2.24, 2.45) is 4.99 Å². The molecule has 2 N–H and O–H groups in total. The third kappa shape index (κ3) is 5.41. The second kappa shape index (κ2) is 9.70. The Kier molecular flexibility index (Phi) is 7.33. The number of hydrogen-bond acceptors (Lipinski definition) is 3. The monoisotopic (exact) mass is 355 g/mol. The smallest absolute Gasteiger partial charge is 0.191 e. The molecule has 0 aromatic heterocycles. The third-order valence-corrected chi connectivity index (χ3v) is 4.32. The highest BCUT2D eigenvalue weighted by Crippen LogP contribution is 2.27. The second-order valence-corrected chi connectivity index (χ2v) is 6.22. The van der Waals surface area contributed by atoms with Crippen molar-refractivity contribution in [1.82, 2.24) is 10.6 Å². The van der Waals surface area contributed by atoms with E-state index >= 15 is 0 Å². The average molecular weight is 355 g/mol. The molecule has 0 aliphatic carbocycles. The minimum absolute atomic E-state index is 0.656. The molecule has 2 aromatic carbocycles. The van der Waals surface area contributed by atoms with Crippen molar-refractivity contribution in [2.75, 3.05) is 27.8 Å². The fourth-order valence-corrected chi connectivity index (χ4v) is 2.84. The van der Waals surface area contributed by atoms with Crippen LogP contribution < -0.4 is 20.1 Å². The molecule has 0 saturated heterocycles. The number of methoxy groups -OCH3 is 2. The largest absolute Gasteiger partial charge is 0.493 e. The summed E-state index contributed by atoms with van der Waals surface area (Å²) in [6.45, 7) is 5.76. The number of aryl methyl sites for hydroxylation is 2. The van der Waals surface area contributed by atoms with Gasteiger partial charge < -0.3 is 20.1 Å². The molecule has 0 heterocycles. The minimum atomic E-state index is 0.656. The molecule has 0 amide bonds. The normalized spacial score (nSPS) is 11.2. The number of nitrogens with one attached hydrogen (secondary N) is 2. The van der Waals surface area contributed by atoms with Gasteiger partial charge in [-0.25, -0.2) is 0 Å². The van der Waals surface area contributed by atoms with Crippen molar-refractivity contribution < 1.29 is 9.47 Å². The predicted octanol–water partition coefficient (Wildman–Crippen LogP) is 3.23. The maximum atomic E-state index is 5.34. The highest BCUT2D eigenvalue weighted by Gasteiger charge is 2.05. The highest BCUT2D eigenvalue weighted by molar-refractivity contribution is 5.79. The van der Waals surface area contributed by atoms with Crippen LogP contribution in [0.2, 0.25) is 0 Å². The van der Waals surface area contributed by atoms with Gasteiger partial charge in [-0.3, -0.25) is 4.99 Å². The van der Waals surface area contributed by atoms with Gasteiger partial charge in [0.25, 0.3) is 0 Å². The van der Waals surface area contributed by atoms with Crippen molar-refractivity contribution >= 4 is 5.96 Å². The first-order chi connectivity index (χ1) is 12.6. The van der Waals surface area contributed by atoms with Gasteiger partial charge in [-0.1, -0.05) is 29.8 Å². The molecule has 2 aromatic rings. The van der Waals surface area contributed by atoms with Gasteiger partial charge in [0, 0.05) is 20.1 Å². The Morgan fingerprint density at radius 1 is 0.962 bits per heavy atom. The van der Waals surface area contributed by atoms with E-state index in [1.165, 1.54) is 16.7 Å². The molecular weight excluding hydrogens is 326 g/mol. The molecule has 0 radical (unpaired) electrons. The van der Waals surface area contributed by atoms with Crippen LogP contribution in [0, 0.1) is 13.8 Å². The molecule has 2 rings (SSSR count). The van der Waals surface area contributed by atoms with Gasteiger partial charge in [-0.15, -0.1) is 0 Å². The molecule has 5 heteroatoms. The lowest BCUT2D eigenvalue weighted by Crippen LogP contribution is -2.37. The Balaban J connectivity index is 1.86. The summed E-state index contributed by atoms with van der Waals surface area (Å²) < 4.78 is 10.6. The number of hydrogen-bond donors (Lipinski definition) is 2. The summed E-state index contributed by atoms with van der Waals surface area (Å²) in [6.07, 6.45) is 0.961. The molecule has 0 bridgehead atoms. The molecule has 0 spiro atoms. The van der Waals surface area contributed by atoms with E-state index in [0.717, 1.165) is 36.0 Å². The summed E-state index contributed by atoms with van der Waals surface area (Å²) in [5.41, 5.74) is 5.09. The van der Waals surface area contributed by atoms with Gasteiger partial charge in [0.1, 0.15) is 0 Å². The summed E-state index contributed by atoms with van der Waals surface area (Å²) in [5, 5.41) is 6.69. The van der Waals surface area contributed by atoms with E-state index in [0.29, 0.717) is 6.54 Å². The van der Waals surface area contributed by atoms with Gasteiger partial charge in [0.15, 0.2) is 17.5 Å². The van der Waals surface area contributed by atoms with Crippen molar-refractivity contribution in [2.45, 2.75) is 26.8 Å². The van der Waals surface area contributed by atoms with Crippen LogP contribution in [-0.4, -0.2) is 33.8 Å². The number of aliphatic imine (C=N–C) groups is 1. The first-order valence-electron chi connectivity index (χ1n) is 8.79. The Labute approximate surface area is 156 Å². The quantitative estimate of drug-likeness (QED) is 0.591. The molecular formula is C21H29N3O2. The average Bonchev–Trinajstić information content (AvgIpc) is 2.65. The Morgan fingerprint density at radius 2 is 1.73 bits per heavy atom. The molecule has 0 saturated carbocycles. The van der Waals surface area contributed by atoms with Gasteiger partial charge in [-0.05, 0) is 49.1 Å². The number of benzene rings is 2. The Bertz CT molecular complexity index is 757. The lowest BCUT2D eigenvalue weighted by atomic mass is 10.0. The minimum Gasteiger partial charge on any atom is -0.493 e. The maximum Gasteiger partial charge on any atom is 0.191 e. The van der Waals surface area contributed by atoms with Gasteiger partial charge in [0.2, 0.25) is 0 Å². The molecule has 0 fully saturated rings. The summed E-state index contributed by atoms with van der Waals surface area (Å²) >= 11 is 0. The van der Waals surface area contributed by atoms with Crippen molar-refractivity contribution in [3.8, 4) is 11.5 Å². The zero-order valence-electron chi connectivity index (χ0n) is 16.3. The zero-order chi connectivity index (χ0) is 18.9. The zero-order valence-corrected chi connectivity index (χ0v) is 16.3. The Hall–Kier alpha value is -2.69.